The lowest BCUT2D eigenvalue weighted by Crippen LogP contribution is -2.32. The average molecular weight is 590 g/mol. The molecule has 0 spiro atoms. The number of aliphatic carboxylic acids is 1. The van der Waals surface area contributed by atoms with Crippen molar-refractivity contribution in [2.45, 2.75) is 56.8 Å². The van der Waals surface area contributed by atoms with Gasteiger partial charge in [-0.25, -0.2) is 13.8 Å². The van der Waals surface area contributed by atoms with Gasteiger partial charge >= 0.3 is 12.1 Å². The van der Waals surface area contributed by atoms with Gasteiger partial charge in [-0.05, 0) is 49.6 Å². The number of aromatic nitrogens is 2. The number of carboxylic acids is 1. The molecule has 42 heavy (non-hydrogen) atoms. The van der Waals surface area contributed by atoms with Crippen LogP contribution in [0, 0.1) is 11.6 Å². The number of hydrogen-bond acceptors (Lipinski definition) is 7. The van der Waals surface area contributed by atoms with E-state index in [4.69, 9.17) is 4.74 Å². The topological polar surface area (TPSA) is 90.8 Å². The fourth-order valence-electron chi connectivity index (χ4n) is 5.75. The minimum Gasteiger partial charge on any atom is -0.490 e. The highest BCUT2D eigenvalue weighted by Gasteiger charge is 2.46. The Balaban J connectivity index is 1.42. The summed E-state index contributed by atoms with van der Waals surface area (Å²) in [6, 6.07) is 5.29. The van der Waals surface area contributed by atoms with Gasteiger partial charge < -0.3 is 25.0 Å². The lowest BCUT2D eigenvalue weighted by Gasteiger charge is -2.28. The minimum atomic E-state index is -4.89. The van der Waals surface area contributed by atoms with E-state index in [1.54, 1.807) is 6.07 Å². The van der Waals surface area contributed by atoms with E-state index >= 15 is 0 Å². The van der Waals surface area contributed by atoms with Crippen molar-refractivity contribution in [2.75, 3.05) is 30.4 Å². The molecule has 1 saturated carbocycles. The molecule has 1 atom stereocenters. The van der Waals surface area contributed by atoms with E-state index in [9.17, 15) is 31.9 Å². The predicted octanol–water partition coefficient (Wildman–Crippen LogP) is 5.93. The number of nitrogens with zero attached hydrogens (tertiary/aromatic N) is 4. The van der Waals surface area contributed by atoms with E-state index in [1.807, 2.05) is 13.1 Å². The van der Waals surface area contributed by atoms with Gasteiger partial charge in [0.25, 0.3) is 0 Å². The number of nitrogens with one attached hydrogen (secondary N) is 1. The molecular formula is C29H28F5N5O3. The molecule has 3 heterocycles. The van der Waals surface area contributed by atoms with Crippen molar-refractivity contribution < 1.29 is 36.6 Å². The number of halogens is 5. The van der Waals surface area contributed by atoms with Gasteiger partial charge in [0.15, 0.2) is 17.5 Å². The Labute approximate surface area is 238 Å². The van der Waals surface area contributed by atoms with Crippen LogP contribution in [0.3, 0.4) is 0 Å². The van der Waals surface area contributed by atoms with Crippen LogP contribution in [0.1, 0.15) is 48.4 Å². The molecule has 1 aromatic heterocycles. The van der Waals surface area contributed by atoms with Crippen molar-refractivity contribution in [1.29, 1.82) is 0 Å². The molecule has 1 aliphatic carbocycles. The monoisotopic (exact) mass is 589 g/mol. The summed E-state index contributed by atoms with van der Waals surface area (Å²) in [5.41, 5.74) is 0.100. The second-order valence-electron chi connectivity index (χ2n) is 11.5. The van der Waals surface area contributed by atoms with E-state index in [0.717, 1.165) is 54.0 Å². The third-order valence-corrected chi connectivity index (χ3v) is 7.92. The van der Waals surface area contributed by atoms with Gasteiger partial charge in [0.1, 0.15) is 11.3 Å². The van der Waals surface area contributed by atoms with Crippen LogP contribution in [-0.2, 0) is 29.4 Å². The van der Waals surface area contributed by atoms with E-state index in [0.29, 0.717) is 24.2 Å². The number of fused-ring (bicyclic) bond motifs is 2. The zero-order chi connectivity index (χ0) is 30.0. The number of rotatable bonds is 7. The fraction of sp³-hybridized carbons (Fsp3) is 0.414. The van der Waals surface area contributed by atoms with Crippen LogP contribution in [0.2, 0.25) is 0 Å². The van der Waals surface area contributed by atoms with Crippen LogP contribution in [-0.4, -0.2) is 52.2 Å². The molecule has 0 amide bonds. The molecule has 13 heteroatoms. The first kappa shape index (κ1) is 28.1. The van der Waals surface area contributed by atoms with Gasteiger partial charge in [0.05, 0.1) is 12.5 Å². The lowest BCUT2D eigenvalue weighted by molar-refractivity contribution is -0.139. The van der Waals surface area contributed by atoms with Crippen molar-refractivity contribution in [2.24, 2.45) is 0 Å². The highest BCUT2D eigenvalue weighted by molar-refractivity contribution is 5.77. The van der Waals surface area contributed by atoms with E-state index in [2.05, 4.69) is 20.2 Å². The Morgan fingerprint density at radius 2 is 1.93 bits per heavy atom. The average Bonchev–Trinajstić information content (AvgIpc) is 3.67. The lowest BCUT2D eigenvalue weighted by atomic mass is 9.81. The summed E-state index contributed by atoms with van der Waals surface area (Å²) in [6.45, 7) is 2.71. The van der Waals surface area contributed by atoms with Gasteiger partial charge in [-0.15, -0.1) is 0 Å². The standard InChI is InChI=1S/C29H28F5N5O3/c1-28(11-25(40)41)14-39(23-10-22(31)21(30)9-19(23)28)26-20(29(32,33)34)12-35-27(37-26)36-16-7-15-13-38(2)6-5-18(15)24(8-16)42-17-3-4-17/h7-10,12,17H,3-6,11,13-14H2,1-2H3,(H,40,41)(H,35,36,37). The van der Waals surface area contributed by atoms with Crippen LogP contribution in [0.25, 0.3) is 0 Å². The highest BCUT2D eigenvalue weighted by atomic mass is 19.4. The first-order valence-electron chi connectivity index (χ1n) is 13.5. The van der Waals surface area contributed by atoms with E-state index < -0.39 is 47.0 Å². The van der Waals surface area contributed by atoms with Gasteiger partial charge in [-0.1, -0.05) is 6.92 Å². The normalized spacial score (nSPS) is 20.3. The molecule has 1 unspecified atom stereocenters. The summed E-state index contributed by atoms with van der Waals surface area (Å²) in [4.78, 5) is 23.0. The van der Waals surface area contributed by atoms with Crippen molar-refractivity contribution in [3.63, 3.8) is 0 Å². The molecule has 3 aromatic rings. The molecule has 2 N–H and O–H groups in total. The minimum absolute atomic E-state index is 0.0747. The molecule has 8 nitrogen and oxygen atoms in total. The van der Waals surface area contributed by atoms with Crippen molar-refractivity contribution >= 4 is 29.1 Å². The molecule has 222 valence electrons. The Morgan fingerprint density at radius 3 is 2.62 bits per heavy atom. The maximum atomic E-state index is 14.4. The number of hydrogen-bond donors (Lipinski definition) is 2. The van der Waals surface area contributed by atoms with Gasteiger partial charge in [-0.2, -0.15) is 18.2 Å². The summed E-state index contributed by atoms with van der Waals surface area (Å²) >= 11 is 0. The molecule has 0 saturated heterocycles. The number of alkyl halides is 3. The van der Waals surface area contributed by atoms with Crippen molar-refractivity contribution in [3.8, 4) is 5.75 Å². The third kappa shape index (κ3) is 5.33. The summed E-state index contributed by atoms with van der Waals surface area (Å²) < 4.78 is 77.4. The van der Waals surface area contributed by atoms with Crippen LogP contribution >= 0.6 is 0 Å². The van der Waals surface area contributed by atoms with Crippen LogP contribution < -0.4 is 15.0 Å². The van der Waals surface area contributed by atoms with E-state index in [1.165, 1.54) is 6.92 Å². The molecule has 2 aliphatic heterocycles. The van der Waals surface area contributed by atoms with Gasteiger partial charge in [-0.3, -0.25) is 4.79 Å². The number of ether oxygens (including phenoxy) is 1. The smallest absolute Gasteiger partial charge is 0.421 e. The third-order valence-electron chi connectivity index (χ3n) is 7.92. The maximum absolute atomic E-state index is 14.4. The molecule has 0 radical (unpaired) electrons. The number of carboxylic acid groups (broad SMARTS) is 1. The Hall–Kier alpha value is -4.00. The number of likely N-dealkylation sites (N-methyl/N-ethyl adjacent to an activating group) is 1. The van der Waals surface area contributed by atoms with Crippen LogP contribution in [0.15, 0.2) is 30.5 Å². The van der Waals surface area contributed by atoms with Crippen molar-refractivity contribution in [3.05, 3.63) is 64.4 Å². The van der Waals surface area contributed by atoms with Crippen LogP contribution in [0.5, 0.6) is 5.75 Å². The Morgan fingerprint density at radius 1 is 1.19 bits per heavy atom. The molecular weight excluding hydrogens is 561 g/mol. The quantitative estimate of drug-likeness (QED) is 0.328. The van der Waals surface area contributed by atoms with Gasteiger partial charge in [0.2, 0.25) is 5.95 Å². The summed E-state index contributed by atoms with van der Waals surface area (Å²) in [5, 5.41) is 12.5. The maximum Gasteiger partial charge on any atom is 0.421 e. The number of benzene rings is 2. The summed E-state index contributed by atoms with van der Waals surface area (Å²) in [5.74, 6) is -3.78. The van der Waals surface area contributed by atoms with Crippen molar-refractivity contribution in [1.82, 2.24) is 14.9 Å². The molecule has 1 fully saturated rings. The first-order valence-corrected chi connectivity index (χ1v) is 13.5. The molecule has 3 aliphatic rings. The molecule has 2 aromatic carbocycles. The zero-order valence-electron chi connectivity index (χ0n) is 22.9. The highest BCUT2D eigenvalue weighted by Crippen LogP contribution is 2.49. The molecule has 6 rings (SSSR count). The SMILES string of the molecule is CN1CCc2c(cc(Nc3ncc(C(F)(F)F)c(N4CC(C)(CC(=O)O)c5cc(F)c(F)cc54)n3)cc2OC2CC2)C1. The van der Waals surface area contributed by atoms with E-state index in [-0.39, 0.29) is 29.8 Å². The summed E-state index contributed by atoms with van der Waals surface area (Å²) in [7, 11) is 2.00. The summed E-state index contributed by atoms with van der Waals surface area (Å²) in [6.07, 6.45) is -1.92. The second kappa shape index (κ2) is 10.1. The van der Waals surface area contributed by atoms with Crippen LogP contribution in [0.4, 0.5) is 45.1 Å². The fourth-order valence-corrected chi connectivity index (χ4v) is 5.75. The predicted molar refractivity (Wildman–Crippen MR) is 143 cm³/mol. The number of carbonyl (C=O) groups is 1. The second-order valence-corrected chi connectivity index (χ2v) is 11.5. The first-order chi connectivity index (χ1) is 19.8. The zero-order valence-corrected chi connectivity index (χ0v) is 22.9. The Bertz CT molecular complexity index is 1580. The molecule has 0 bridgehead atoms. The van der Waals surface area contributed by atoms with Gasteiger partial charge in [0, 0.05) is 60.3 Å². The Kier molecular flexibility index (Phi) is 6.75. The number of anilines is 4. The largest absolute Gasteiger partial charge is 0.490 e.